The molecule has 0 spiro atoms. The van der Waals surface area contributed by atoms with E-state index in [1.54, 1.807) is 0 Å². The van der Waals surface area contributed by atoms with Crippen molar-refractivity contribution in [2.24, 2.45) is 0 Å². The van der Waals surface area contributed by atoms with Gasteiger partial charge in [-0.25, -0.2) is 0 Å². The van der Waals surface area contributed by atoms with Gasteiger partial charge in [0.25, 0.3) is 0 Å². The van der Waals surface area contributed by atoms with Crippen molar-refractivity contribution in [3.05, 3.63) is 94.7 Å². The van der Waals surface area contributed by atoms with E-state index in [-0.39, 0.29) is 51.4 Å². The molecule has 0 aliphatic heterocycles. The average molecular weight is 398 g/mol. The van der Waals surface area contributed by atoms with Gasteiger partial charge in [-0.3, -0.25) is 0 Å². The van der Waals surface area contributed by atoms with Crippen molar-refractivity contribution < 1.29 is 51.4 Å². The van der Waals surface area contributed by atoms with Crippen LogP contribution < -0.4 is 71.9 Å². The van der Waals surface area contributed by atoms with Crippen LogP contribution in [0.15, 0.2) is 83.6 Å². The first-order chi connectivity index (χ1) is 12.2. The van der Waals surface area contributed by atoms with Gasteiger partial charge in [0.15, 0.2) is 0 Å². The molecule has 2 aromatic carbocycles. The zero-order chi connectivity index (χ0) is 17.3. The van der Waals surface area contributed by atoms with Gasteiger partial charge in [0, 0.05) is 0 Å². The topological polar surface area (TPSA) is 0 Å². The van der Waals surface area contributed by atoms with Crippen LogP contribution in [0.5, 0.6) is 0 Å². The minimum absolute atomic E-state index is 0. The maximum atomic E-state index is 2.32. The van der Waals surface area contributed by atoms with Gasteiger partial charge < -0.3 is 0 Å². The van der Waals surface area contributed by atoms with Gasteiger partial charge in [-0.1, -0.05) is 83.9 Å². The Morgan fingerprint density at radius 1 is 0.577 bits per heavy atom. The maximum absolute atomic E-state index is 2.32. The van der Waals surface area contributed by atoms with E-state index in [1.807, 2.05) is 22.7 Å². The summed E-state index contributed by atoms with van der Waals surface area (Å²) in [6.07, 6.45) is -1.15. The van der Waals surface area contributed by atoms with Crippen molar-refractivity contribution in [2.75, 3.05) is 0 Å². The Morgan fingerprint density at radius 3 is 1.35 bits per heavy atom. The van der Waals surface area contributed by atoms with Gasteiger partial charge in [-0.15, -0.1) is 9.55 Å². The number of hydrogen-bond acceptors (Lipinski definition) is 2. The van der Waals surface area contributed by atoms with Crippen molar-refractivity contribution in [1.82, 2.24) is 0 Å². The smallest absolute Gasteiger partial charge is 0.191 e. The van der Waals surface area contributed by atoms with Gasteiger partial charge in [-0.05, 0) is 24.6 Å². The quantitative estimate of drug-likeness (QED) is 0.447. The van der Waals surface area contributed by atoms with Gasteiger partial charge in [0.1, 0.15) is 6.15 Å². The molecule has 0 amide bonds. The molecular weight excluding hydrogens is 378 g/mol. The van der Waals surface area contributed by atoms with Crippen molar-refractivity contribution in [3.63, 3.8) is 0 Å². The Kier molecular flexibility index (Phi) is 6.79. The zero-order valence-corrected chi connectivity index (χ0v) is 20.2. The van der Waals surface area contributed by atoms with Crippen LogP contribution in [0.2, 0.25) is 0 Å². The molecule has 0 aliphatic carbocycles. The van der Waals surface area contributed by atoms with E-state index in [4.69, 9.17) is 0 Å². The van der Waals surface area contributed by atoms with Crippen LogP contribution >= 0.6 is 22.7 Å². The monoisotopic (exact) mass is 398 g/mol. The summed E-state index contributed by atoms with van der Waals surface area (Å²) in [6.45, 7) is 4.48. The van der Waals surface area contributed by atoms with Crippen LogP contribution in [0.3, 0.4) is 0 Å². The van der Waals surface area contributed by atoms with E-state index in [9.17, 15) is 0 Å². The minimum atomic E-state index is -1.15. The van der Waals surface area contributed by atoms with Crippen molar-refractivity contribution >= 4 is 49.3 Å². The number of benzene rings is 2. The second-order valence-electron chi connectivity index (χ2n) is 6.61. The molecule has 0 fully saturated rings. The van der Waals surface area contributed by atoms with Crippen molar-refractivity contribution in [1.29, 1.82) is 0 Å². The van der Waals surface area contributed by atoms with Crippen molar-refractivity contribution in [2.45, 2.75) is 13.8 Å². The number of hydrogen-bond donors (Lipinski definition) is 0. The van der Waals surface area contributed by atoms with Crippen molar-refractivity contribution in [3.8, 4) is 0 Å². The van der Waals surface area contributed by atoms with Crippen LogP contribution in [0.25, 0.3) is 0 Å². The first-order valence-corrected chi connectivity index (χ1v) is 10.4. The molecule has 4 heteroatoms. The molecule has 4 rings (SSSR count). The first-order valence-electron chi connectivity index (χ1n) is 8.60. The van der Waals surface area contributed by atoms with Crippen LogP contribution in [-0.2, 0) is 0 Å². The SMILES string of the molecule is Cc1ccccc1[B-](c1cccs1)(c1cccs1)c1ccccc1C.[K+]. The summed E-state index contributed by atoms with van der Waals surface area (Å²) in [4.78, 5) is 0. The second-order valence-corrected chi connectivity index (χ2v) is 8.57. The molecule has 124 valence electrons. The summed E-state index contributed by atoms with van der Waals surface area (Å²) < 4.78 is 2.87. The Labute approximate surface area is 206 Å². The second kappa shape index (κ2) is 8.70. The fourth-order valence-corrected chi connectivity index (χ4v) is 6.33. The third kappa shape index (κ3) is 3.37. The molecule has 0 saturated carbocycles. The number of thiophene rings is 2. The van der Waals surface area contributed by atoms with Gasteiger partial charge in [0.2, 0.25) is 0 Å². The molecule has 0 bridgehead atoms. The number of rotatable bonds is 4. The fourth-order valence-electron chi connectivity index (χ4n) is 4.14. The summed E-state index contributed by atoms with van der Waals surface area (Å²) in [5, 5.41) is 4.41. The predicted octanol–water partition coefficient (Wildman–Crippen LogP) is 0.808. The molecule has 0 unspecified atom stereocenters. The normalized spacial score (nSPS) is 11.2. The molecule has 26 heavy (non-hydrogen) atoms. The zero-order valence-electron chi connectivity index (χ0n) is 15.5. The largest absolute Gasteiger partial charge is 1.00 e. The van der Waals surface area contributed by atoms with Gasteiger partial charge >= 0.3 is 51.4 Å². The molecule has 4 aromatic rings. The molecule has 0 aliphatic rings. The number of aryl methyl sites for hydroxylation is 2. The van der Waals surface area contributed by atoms with Crippen LogP contribution in [0.4, 0.5) is 0 Å². The van der Waals surface area contributed by atoms with Gasteiger partial charge in [0.05, 0.1) is 0 Å². The van der Waals surface area contributed by atoms with E-state index in [0.717, 1.165) is 0 Å². The molecule has 0 nitrogen and oxygen atoms in total. The van der Waals surface area contributed by atoms with E-state index < -0.39 is 6.15 Å². The van der Waals surface area contributed by atoms with E-state index in [2.05, 4.69) is 97.4 Å². The van der Waals surface area contributed by atoms with Gasteiger partial charge in [-0.2, -0.15) is 33.6 Å². The summed E-state index contributed by atoms with van der Waals surface area (Å²) in [6, 6.07) is 26.7. The predicted molar refractivity (Wildman–Crippen MR) is 115 cm³/mol. The third-order valence-corrected chi connectivity index (χ3v) is 7.36. The average Bonchev–Trinajstić information content (AvgIpc) is 3.33. The van der Waals surface area contributed by atoms with E-state index in [0.29, 0.717) is 0 Å². The first kappa shape index (κ1) is 20.3. The van der Waals surface area contributed by atoms with E-state index >= 15 is 0 Å². The molecule has 2 aromatic heterocycles. The third-order valence-electron chi connectivity index (χ3n) is 5.25. The Bertz CT molecular complexity index is 893. The molecule has 0 N–H and O–H groups in total. The molecule has 0 radical (unpaired) electrons. The fraction of sp³-hybridized carbons (Fsp3) is 0.0909. The van der Waals surface area contributed by atoms with E-state index in [1.165, 1.54) is 31.6 Å². The Morgan fingerprint density at radius 2 is 1.00 bits per heavy atom. The molecular formula is C22H20BKS2. The summed E-state index contributed by atoms with van der Waals surface area (Å²) in [5.41, 5.74) is 5.57. The Balaban J connectivity index is 0.00000196. The summed E-state index contributed by atoms with van der Waals surface area (Å²) >= 11 is 3.74. The van der Waals surface area contributed by atoms with Crippen LogP contribution in [0.1, 0.15) is 11.1 Å². The summed E-state index contributed by atoms with van der Waals surface area (Å²) in [7, 11) is 0. The Hall–Kier alpha value is -0.459. The molecule has 0 atom stereocenters. The molecule has 0 saturated heterocycles. The summed E-state index contributed by atoms with van der Waals surface area (Å²) in [5.74, 6) is 0. The maximum Gasteiger partial charge on any atom is 1.00 e. The molecule has 2 heterocycles. The van der Waals surface area contributed by atoms with Crippen LogP contribution in [0, 0.1) is 13.8 Å². The van der Waals surface area contributed by atoms with Crippen LogP contribution in [-0.4, -0.2) is 6.15 Å². The standard InChI is InChI=1S/C22H20BS2.K/c1-17-9-3-5-11-19(17)23(21-13-7-15-24-21,22-14-8-16-25-22)20-12-6-4-10-18(20)2;/h3-16H,1-2H3;/q-1;+1. The minimum Gasteiger partial charge on any atom is -0.191 e.